The normalized spacial score (nSPS) is 16.2. The first-order valence-electron chi connectivity index (χ1n) is 6.53. The first-order chi connectivity index (χ1) is 9.16. The molecule has 0 saturated carbocycles. The standard InChI is InChI=1S/C15H20BrNO3/c1-10(17(19)20)12(11-8-6-5-7-9-11)13(16)14(18)15(2,3)4/h5-10,12-13H,1-4H3. The zero-order chi connectivity index (χ0) is 15.5. The van der Waals surface area contributed by atoms with Gasteiger partial charge in [0.25, 0.3) is 0 Å². The predicted octanol–water partition coefficient (Wildman–Crippen LogP) is 3.81. The lowest BCUT2D eigenvalue weighted by molar-refractivity contribution is -0.521. The van der Waals surface area contributed by atoms with Crippen LogP contribution in [0, 0.1) is 15.5 Å². The van der Waals surface area contributed by atoms with Gasteiger partial charge in [-0.05, 0) is 5.56 Å². The van der Waals surface area contributed by atoms with Crippen LogP contribution in [0.1, 0.15) is 39.2 Å². The van der Waals surface area contributed by atoms with Crippen molar-refractivity contribution >= 4 is 21.7 Å². The molecule has 0 fully saturated rings. The number of nitro groups is 1. The van der Waals surface area contributed by atoms with E-state index >= 15 is 0 Å². The van der Waals surface area contributed by atoms with Crippen LogP contribution in [0.4, 0.5) is 0 Å². The number of hydrogen-bond donors (Lipinski definition) is 0. The molecule has 1 aromatic rings. The van der Waals surface area contributed by atoms with Crippen molar-refractivity contribution in [2.75, 3.05) is 0 Å². The Labute approximate surface area is 127 Å². The summed E-state index contributed by atoms with van der Waals surface area (Å²) in [6, 6.07) is 8.33. The average Bonchev–Trinajstić information content (AvgIpc) is 2.37. The van der Waals surface area contributed by atoms with Crippen molar-refractivity contribution in [2.45, 2.75) is 44.5 Å². The third kappa shape index (κ3) is 3.88. The average molecular weight is 342 g/mol. The first-order valence-corrected chi connectivity index (χ1v) is 7.44. The molecule has 0 aliphatic carbocycles. The van der Waals surface area contributed by atoms with Crippen molar-refractivity contribution in [3.8, 4) is 0 Å². The number of alkyl halides is 1. The second-order valence-corrected chi connectivity index (χ2v) is 6.96. The molecule has 0 saturated heterocycles. The van der Waals surface area contributed by atoms with Crippen LogP contribution in [0.15, 0.2) is 30.3 Å². The second kappa shape index (κ2) is 6.48. The van der Waals surface area contributed by atoms with Crippen LogP contribution in [0.25, 0.3) is 0 Å². The van der Waals surface area contributed by atoms with Crippen LogP contribution in [0.2, 0.25) is 0 Å². The van der Waals surface area contributed by atoms with E-state index in [0.29, 0.717) is 0 Å². The SMILES string of the molecule is CC(C(c1ccccc1)C(Br)C(=O)C(C)(C)C)[N+](=O)[O-]. The lowest BCUT2D eigenvalue weighted by atomic mass is 9.80. The lowest BCUT2D eigenvalue weighted by Gasteiger charge is -2.28. The molecule has 0 bridgehead atoms. The van der Waals surface area contributed by atoms with Crippen LogP contribution >= 0.6 is 15.9 Å². The van der Waals surface area contributed by atoms with Gasteiger partial charge in [-0.2, -0.15) is 0 Å². The molecule has 0 spiro atoms. The van der Waals surface area contributed by atoms with Gasteiger partial charge in [-0.3, -0.25) is 14.9 Å². The number of Topliss-reactive ketones (excluding diaryl/α,β-unsaturated/α-hetero) is 1. The third-order valence-corrected chi connectivity index (χ3v) is 4.33. The van der Waals surface area contributed by atoms with Gasteiger partial charge in [-0.1, -0.05) is 67.0 Å². The van der Waals surface area contributed by atoms with E-state index in [0.717, 1.165) is 5.56 Å². The highest BCUT2D eigenvalue weighted by molar-refractivity contribution is 9.10. The zero-order valence-corrected chi connectivity index (χ0v) is 13.8. The summed E-state index contributed by atoms with van der Waals surface area (Å²) in [6.07, 6.45) is 0. The molecule has 0 radical (unpaired) electrons. The first kappa shape index (κ1) is 16.8. The number of carbonyl (C=O) groups excluding carboxylic acids is 1. The Morgan fingerprint density at radius 3 is 2.15 bits per heavy atom. The number of carbonyl (C=O) groups is 1. The summed E-state index contributed by atoms with van der Waals surface area (Å²) >= 11 is 3.40. The molecule has 3 unspecified atom stereocenters. The van der Waals surface area contributed by atoms with Gasteiger partial charge in [-0.15, -0.1) is 0 Å². The quantitative estimate of drug-likeness (QED) is 0.464. The van der Waals surface area contributed by atoms with Crippen LogP contribution in [-0.2, 0) is 4.79 Å². The van der Waals surface area contributed by atoms with E-state index in [2.05, 4.69) is 15.9 Å². The van der Waals surface area contributed by atoms with Crippen molar-refractivity contribution in [3.05, 3.63) is 46.0 Å². The highest BCUT2D eigenvalue weighted by Gasteiger charge is 2.41. The van der Waals surface area contributed by atoms with Gasteiger partial charge < -0.3 is 0 Å². The molecular weight excluding hydrogens is 322 g/mol. The number of ketones is 1. The van der Waals surface area contributed by atoms with Crippen molar-refractivity contribution in [3.63, 3.8) is 0 Å². The van der Waals surface area contributed by atoms with Gasteiger partial charge in [0.15, 0.2) is 5.78 Å². The van der Waals surface area contributed by atoms with Crippen LogP contribution in [-0.4, -0.2) is 21.6 Å². The summed E-state index contributed by atoms with van der Waals surface area (Å²) in [7, 11) is 0. The highest BCUT2D eigenvalue weighted by Crippen LogP contribution is 2.34. The molecule has 0 amide bonds. The van der Waals surface area contributed by atoms with Crippen molar-refractivity contribution in [1.29, 1.82) is 0 Å². The van der Waals surface area contributed by atoms with Crippen LogP contribution < -0.4 is 0 Å². The van der Waals surface area contributed by atoms with Crippen LogP contribution in [0.5, 0.6) is 0 Å². The summed E-state index contributed by atoms with van der Waals surface area (Å²) in [5.41, 5.74) is 0.258. The predicted molar refractivity (Wildman–Crippen MR) is 82.8 cm³/mol. The minimum absolute atomic E-state index is 0.0277. The minimum Gasteiger partial charge on any atom is -0.298 e. The number of hydrogen-bond acceptors (Lipinski definition) is 3. The Balaban J connectivity index is 3.19. The van der Waals surface area contributed by atoms with E-state index in [1.165, 1.54) is 0 Å². The molecule has 3 atom stereocenters. The summed E-state index contributed by atoms with van der Waals surface area (Å²) < 4.78 is 0. The Morgan fingerprint density at radius 1 is 1.25 bits per heavy atom. The Morgan fingerprint density at radius 2 is 1.75 bits per heavy atom. The van der Waals surface area contributed by atoms with Crippen molar-refractivity contribution < 1.29 is 9.72 Å². The third-order valence-electron chi connectivity index (χ3n) is 3.34. The fraction of sp³-hybridized carbons (Fsp3) is 0.533. The lowest BCUT2D eigenvalue weighted by Crippen LogP contribution is -2.39. The molecule has 0 aliphatic rings. The van der Waals surface area contributed by atoms with E-state index in [1.54, 1.807) is 6.92 Å². The largest absolute Gasteiger partial charge is 0.298 e. The number of nitrogens with zero attached hydrogens (tertiary/aromatic N) is 1. The van der Waals surface area contributed by atoms with E-state index in [4.69, 9.17) is 0 Å². The Bertz CT molecular complexity index is 482. The summed E-state index contributed by atoms with van der Waals surface area (Å²) in [6.45, 7) is 7.01. The van der Waals surface area contributed by atoms with Gasteiger partial charge in [0.05, 0.1) is 10.7 Å². The zero-order valence-electron chi connectivity index (χ0n) is 12.2. The molecule has 4 nitrogen and oxygen atoms in total. The molecule has 0 aromatic heterocycles. The maximum absolute atomic E-state index is 12.4. The molecule has 20 heavy (non-hydrogen) atoms. The maximum Gasteiger partial charge on any atom is 0.218 e. The van der Waals surface area contributed by atoms with Gasteiger partial charge in [0.1, 0.15) is 0 Å². The Kier molecular flexibility index (Phi) is 5.45. The Hall–Kier alpha value is -1.23. The fourth-order valence-corrected chi connectivity index (χ4v) is 3.51. The molecule has 0 heterocycles. The smallest absolute Gasteiger partial charge is 0.218 e. The van der Waals surface area contributed by atoms with Crippen molar-refractivity contribution in [1.82, 2.24) is 0 Å². The second-order valence-electron chi connectivity index (χ2n) is 5.98. The fourth-order valence-electron chi connectivity index (χ4n) is 2.08. The van der Waals surface area contributed by atoms with Gasteiger partial charge in [0, 0.05) is 17.3 Å². The van der Waals surface area contributed by atoms with E-state index in [1.807, 2.05) is 51.1 Å². The molecular formula is C15H20BrNO3. The van der Waals surface area contributed by atoms with E-state index < -0.39 is 22.2 Å². The molecule has 5 heteroatoms. The van der Waals surface area contributed by atoms with Gasteiger partial charge in [0.2, 0.25) is 6.04 Å². The molecule has 0 N–H and O–H groups in total. The molecule has 110 valence electrons. The number of rotatable bonds is 5. The molecule has 0 aliphatic heterocycles. The minimum atomic E-state index is -0.840. The number of halogens is 1. The summed E-state index contributed by atoms with van der Waals surface area (Å²) in [5.74, 6) is -0.516. The molecule has 1 rings (SSSR count). The van der Waals surface area contributed by atoms with Crippen LogP contribution in [0.3, 0.4) is 0 Å². The summed E-state index contributed by atoms with van der Waals surface area (Å²) in [5, 5.41) is 11.2. The summed E-state index contributed by atoms with van der Waals surface area (Å²) in [4.78, 5) is 22.7. The van der Waals surface area contributed by atoms with E-state index in [9.17, 15) is 14.9 Å². The molecule has 1 aromatic carbocycles. The van der Waals surface area contributed by atoms with Gasteiger partial charge in [-0.25, -0.2) is 0 Å². The maximum atomic E-state index is 12.4. The highest BCUT2D eigenvalue weighted by atomic mass is 79.9. The van der Waals surface area contributed by atoms with Gasteiger partial charge >= 0.3 is 0 Å². The topological polar surface area (TPSA) is 60.2 Å². The monoisotopic (exact) mass is 341 g/mol. The van der Waals surface area contributed by atoms with E-state index in [-0.39, 0.29) is 10.7 Å². The number of benzene rings is 1. The van der Waals surface area contributed by atoms with Crippen molar-refractivity contribution in [2.24, 2.45) is 5.41 Å².